The maximum absolute atomic E-state index is 13.1. The van der Waals surface area contributed by atoms with E-state index in [1.165, 1.54) is 10.3 Å². The first-order valence-corrected chi connectivity index (χ1v) is 4.76. The Morgan fingerprint density at radius 2 is 2.46 bits per heavy atom. The second-order valence-corrected chi connectivity index (χ2v) is 3.08. The number of hydrogen-bond acceptors (Lipinski definition) is 2. The van der Waals surface area contributed by atoms with E-state index in [-0.39, 0.29) is 5.83 Å². The lowest BCUT2D eigenvalue weighted by Crippen LogP contribution is -1.91. The summed E-state index contributed by atoms with van der Waals surface area (Å²) in [6.45, 7) is 1.73. The van der Waals surface area contributed by atoms with Gasteiger partial charge in [0.2, 0.25) is 0 Å². The molecule has 0 aliphatic rings. The van der Waals surface area contributed by atoms with Crippen LogP contribution in [-0.2, 0) is 0 Å². The van der Waals surface area contributed by atoms with Crippen LogP contribution in [0.3, 0.4) is 0 Å². The summed E-state index contributed by atoms with van der Waals surface area (Å²) in [6.07, 6.45) is 1.36. The molecule has 0 saturated carbocycles. The van der Waals surface area contributed by atoms with E-state index in [9.17, 15) is 4.39 Å². The van der Waals surface area contributed by atoms with E-state index < -0.39 is 0 Å². The lowest BCUT2D eigenvalue weighted by Gasteiger charge is -2.00. The van der Waals surface area contributed by atoms with Crippen molar-refractivity contribution in [1.29, 1.82) is 5.26 Å². The molecule has 0 saturated heterocycles. The van der Waals surface area contributed by atoms with Crippen LogP contribution in [0.1, 0.15) is 16.8 Å². The number of nitriles is 1. The van der Waals surface area contributed by atoms with E-state index in [0.717, 1.165) is 0 Å². The van der Waals surface area contributed by atoms with Crippen LogP contribution in [0.2, 0.25) is 0 Å². The van der Waals surface area contributed by atoms with Crippen LogP contribution in [0.15, 0.2) is 16.3 Å². The molecule has 0 atom stereocenters. The Morgan fingerprint density at radius 1 is 1.77 bits per heavy atom. The minimum absolute atomic E-state index is 0.299. The van der Waals surface area contributed by atoms with Gasteiger partial charge in [-0.25, -0.2) is 4.39 Å². The summed E-state index contributed by atoms with van der Waals surface area (Å²) in [5.41, 5.74) is 1.42. The van der Waals surface area contributed by atoms with E-state index in [1.807, 2.05) is 28.7 Å². The first kappa shape index (κ1) is 10.1. The van der Waals surface area contributed by atoms with Crippen molar-refractivity contribution in [3.05, 3.63) is 33.2 Å². The summed E-state index contributed by atoms with van der Waals surface area (Å²) in [5, 5.41) is 8.55. The van der Waals surface area contributed by atoms with Crippen LogP contribution < -0.4 is 0 Å². The highest BCUT2D eigenvalue weighted by Crippen LogP contribution is 2.19. The van der Waals surface area contributed by atoms with Crippen molar-refractivity contribution in [2.24, 2.45) is 0 Å². The summed E-state index contributed by atoms with van der Waals surface area (Å²) >= 11 is 1.81. The zero-order chi connectivity index (χ0) is 9.84. The molecule has 4 heteroatoms. The number of hydrogen-bond donors (Lipinski definition) is 0. The number of rotatable bonds is 1. The van der Waals surface area contributed by atoms with E-state index in [4.69, 9.17) is 5.26 Å². The highest BCUT2D eigenvalue weighted by atomic mass is 127. The summed E-state index contributed by atoms with van der Waals surface area (Å²) in [5.74, 6) is -0.373. The molecule has 0 spiro atoms. The Balaban J connectivity index is 3.22. The van der Waals surface area contributed by atoms with Crippen molar-refractivity contribution in [2.75, 3.05) is 0 Å². The Hall–Kier alpha value is -0.960. The molecule has 0 unspecified atom stereocenters. The van der Waals surface area contributed by atoms with Crippen molar-refractivity contribution >= 4 is 28.4 Å². The molecule has 0 fully saturated rings. The van der Waals surface area contributed by atoms with Gasteiger partial charge in [-0.15, -0.1) is 0 Å². The fourth-order valence-electron chi connectivity index (χ4n) is 0.938. The maximum Gasteiger partial charge on any atom is 0.155 e. The number of halogens is 2. The molecule has 0 N–H and O–H groups in total. The summed E-state index contributed by atoms with van der Waals surface area (Å²) in [7, 11) is 0. The Kier molecular flexibility index (Phi) is 3.37. The number of nitrogens with zero attached hydrogens (tertiary/aromatic N) is 2. The molecule has 66 valence electrons. The van der Waals surface area contributed by atoms with Gasteiger partial charge in [0.15, 0.2) is 5.83 Å². The lowest BCUT2D eigenvalue weighted by molar-refractivity contribution is 0.753. The molecule has 2 nitrogen and oxygen atoms in total. The number of aromatic nitrogens is 1. The monoisotopic (exact) mass is 288 g/mol. The highest BCUT2D eigenvalue weighted by molar-refractivity contribution is 14.1. The van der Waals surface area contributed by atoms with Crippen molar-refractivity contribution in [2.45, 2.75) is 6.92 Å². The Morgan fingerprint density at radius 3 is 2.92 bits per heavy atom. The van der Waals surface area contributed by atoms with Crippen LogP contribution in [0.25, 0.3) is 5.83 Å². The van der Waals surface area contributed by atoms with Gasteiger partial charge in [0.05, 0.1) is 5.56 Å². The first-order valence-electron chi connectivity index (χ1n) is 3.52. The SMILES string of the molecule is Cc1cc(C#N)cnc1/C(F)=C/I. The van der Waals surface area contributed by atoms with Crippen molar-refractivity contribution in [3.63, 3.8) is 0 Å². The predicted octanol–water partition coefficient (Wildman–Crippen LogP) is 2.96. The lowest BCUT2D eigenvalue weighted by atomic mass is 10.1. The second-order valence-electron chi connectivity index (χ2n) is 2.46. The fraction of sp³-hybridized carbons (Fsp3) is 0.111. The minimum atomic E-state index is -0.373. The summed E-state index contributed by atoms with van der Waals surface area (Å²) < 4.78 is 14.4. The van der Waals surface area contributed by atoms with Gasteiger partial charge in [-0.1, -0.05) is 0 Å². The third-order valence-electron chi connectivity index (χ3n) is 1.53. The molecule has 0 radical (unpaired) electrons. The zero-order valence-electron chi connectivity index (χ0n) is 6.88. The molecule has 0 aliphatic heterocycles. The smallest absolute Gasteiger partial charge is 0.155 e. The molecule has 1 rings (SSSR count). The standard InChI is InChI=1S/C9H6FIN2/c1-6-2-7(4-12)5-13-9(6)8(10)3-11/h2-3,5H,1H3/b8-3-. The number of pyridine rings is 1. The van der Waals surface area contributed by atoms with Gasteiger partial charge in [0.25, 0.3) is 0 Å². The van der Waals surface area contributed by atoms with E-state index in [2.05, 4.69) is 4.98 Å². The van der Waals surface area contributed by atoms with Crippen LogP contribution in [-0.4, -0.2) is 4.98 Å². The van der Waals surface area contributed by atoms with Gasteiger partial charge >= 0.3 is 0 Å². The summed E-state index contributed by atoms with van der Waals surface area (Å²) in [4.78, 5) is 3.85. The molecule has 0 bridgehead atoms. The summed E-state index contributed by atoms with van der Waals surface area (Å²) in [6, 6.07) is 3.56. The van der Waals surface area contributed by atoms with Gasteiger partial charge in [0, 0.05) is 10.3 Å². The third-order valence-corrected chi connectivity index (χ3v) is 2.08. The predicted molar refractivity (Wildman–Crippen MR) is 56.8 cm³/mol. The number of aryl methyl sites for hydroxylation is 1. The van der Waals surface area contributed by atoms with Gasteiger partial charge in [-0.3, -0.25) is 4.98 Å². The van der Waals surface area contributed by atoms with Crippen molar-refractivity contribution in [1.82, 2.24) is 4.98 Å². The molecule has 1 aromatic heterocycles. The van der Waals surface area contributed by atoms with Crippen molar-refractivity contribution < 1.29 is 4.39 Å². The van der Waals surface area contributed by atoms with Gasteiger partial charge in [-0.2, -0.15) is 5.26 Å². The van der Waals surface area contributed by atoms with Crippen LogP contribution in [0, 0.1) is 18.3 Å². The molecule has 0 aromatic carbocycles. The van der Waals surface area contributed by atoms with Crippen molar-refractivity contribution in [3.8, 4) is 6.07 Å². The minimum Gasteiger partial charge on any atom is -0.252 e. The molecule has 13 heavy (non-hydrogen) atoms. The first-order chi connectivity index (χ1) is 6.19. The van der Waals surface area contributed by atoms with Gasteiger partial charge in [-0.05, 0) is 41.1 Å². The third kappa shape index (κ3) is 2.25. The van der Waals surface area contributed by atoms with Gasteiger partial charge in [0.1, 0.15) is 11.8 Å². The van der Waals surface area contributed by atoms with Gasteiger partial charge < -0.3 is 0 Å². The highest BCUT2D eigenvalue weighted by Gasteiger charge is 2.05. The topological polar surface area (TPSA) is 36.7 Å². The van der Waals surface area contributed by atoms with Crippen LogP contribution in [0.4, 0.5) is 4.39 Å². The normalized spacial score (nSPS) is 11.1. The molecular weight excluding hydrogens is 282 g/mol. The zero-order valence-corrected chi connectivity index (χ0v) is 9.04. The average Bonchev–Trinajstić information content (AvgIpc) is 2.16. The van der Waals surface area contributed by atoms with Crippen LogP contribution in [0.5, 0.6) is 0 Å². The Labute approximate surface area is 89.2 Å². The second kappa shape index (κ2) is 4.33. The average molecular weight is 288 g/mol. The van der Waals surface area contributed by atoms with E-state index in [1.54, 1.807) is 13.0 Å². The van der Waals surface area contributed by atoms with E-state index >= 15 is 0 Å². The quantitative estimate of drug-likeness (QED) is 0.745. The molecule has 1 heterocycles. The molecule has 1 aromatic rings. The van der Waals surface area contributed by atoms with Crippen LogP contribution >= 0.6 is 22.6 Å². The molecule has 0 amide bonds. The fourth-order valence-corrected chi connectivity index (χ4v) is 1.23. The molecule has 0 aliphatic carbocycles. The maximum atomic E-state index is 13.1. The largest absolute Gasteiger partial charge is 0.252 e. The Bertz CT molecular complexity index is 393. The van der Waals surface area contributed by atoms with E-state index in [0.29, 0.717) is 16.8 Å². The molecular formula is C9H6FIN2.